The second kappa shape index (κ2) is 11.6. The zero-order chi connectivity index (χ0) is 21.3. The molecule has 0 aliphatic carbocycles. The van der Waals surface area contributed by atoms with Crippen LogP contribution in [0, 0.1) is 0 Å². The molecule has 0 bridgehead atoms. The number of ether oxygens (including phenoxy) is 1. The summed E-state index contributed by atoms with van der Waals surface area (Å²) < 4.78 is 10.1. The maximum absolute atomic E-state index is 11.0. The van der Waals surface area contributed by atoms with E-state index in [9.17, 15) is 9.59 Å². The maximum atomic E-state index is 11.0. The Morgan fingerprint density at radius 3 is 2.11 bits per heavy atom. The highest BCUT2D eigenvalue weighted by Gasteiger charge is 2.07. The van der Waals surface area contributed by atoms with Crippen molar-refractivity contribution in [2.24, 2.45) is 0 Å². The van der Waals surface area contributed by atoms with E-state index in [0.29, 0.717) is 27.1 Å². The van der Waals surface area contributed by atoms with Gasteiger partial charge >= 0.3 is 0 Å². The number of halogens is 3. The third kappa shape index (κ3) is 7.80. The molecule has 0 spiro atoms. The van der Waals surface area contributed by atoms with Crippen LogP contribution in [0.4, 0.5) is 0 Å². The van der Waals surface area contributed by atoms with E-state index in [1.165, 1.54) is 27.0 Å². The second-order valence-electron chi connectivity index (χ2n) is 5.50. The summed E-state index contributed by atoms with van der Waals surface area (Å²) in [5, 5.41) is 11.1. The van der Waals surface area contributed by atoms with Gasteiger partial charge < -0.3 is 14.3 Å². The Morgan fingerprint density at radius 1 is 1.04 bits per heavy atom. The lowest BCUT2D eigenvalue weighted by molar-refractivity contribution is -0.114. The van der Waals surface area contributed by atoms with E-state index in [1.807, 2.05) is 6.07 Å². The quantitative estimate of drug-likeness (QED) is 0.386. The molecule has 1 heterocycles. The first-order valence-electron chi connectivity index (χ1n) is 7.95. The smallest absolute Gasteiger partial charge is 0.194 e. The lowest BCUT2D eigenvalue weighted by Crippen LogP contribution is -1.86. The van der Waals surface area contributed by atoms with E-state index in [-0.39, 0.29) is 23.2 Å². The fourth-order valence-electron chi connectivity index (χ4n) is 1.84. The molecule has 8 heteroatoms. The first-order chi connectivity index (χ1) is 13.2. The Hall–Kier alpha value is -2.21. The van der Waals surface area contributed by atoms with Crippen LogP contribution in [-0.4, -0.2) is 29.7 Å². The molecule has 5 nitrogen and oxygen atoms in total. The van der Waals surface area contributed by atoms with E-state index in [2.05, 4.69) is 0 Å². The summed E-state index contributed by atoms with van der Waals surface area (Å²) in [5.74, 6) is 0.954. The highest BCUT2D eigenvalue weighted by atomic mass is 35.5. The Bertz CT molecular complexity index is 950. The molecule has 3 aromatic rings. The molecule has 1 N–H and O–H groups in total. The molecule has 0 saturated heterocycles. The van der Waals surface area contributed by atoms with Crippen molar-refractivity contribution in [2.75, 3.05) is 13.0 Å². The number of phenols is 1. The van der Waals surface area contributed by atoms with Gasteiger partial charge in [-0.1, -0.05) is 23.2 Å². The molecule has 0 amide bonds. The molecule has 0 aliphatic heterocycles. The Labute approximate surface area is 177 Å². The molecule has 0 unspecified atom stereocenters. The zero-order valence-electron chi connectivity index (χ0n) is 15.5. The number of carbonyl (C=O) groups excluding carboxylic acids is 2. The molecule has 0 atom stereocenters. The van der Waals surface area contributed by atoms with Crippen LogP contribution in [0.1, 0.15) is 24.4 Å². The second-order valence-corrected chi connectivity index (χ2v) is 6.64. The van der Waals surface area contributed by atoms with Gasteiger partial charge in [-0.2, -0.15) is 0 Å². The van der Waals surface area contributed by atoms with Crippen molar-refractivity contribution < 1.29 is 23.8 Å². The molecule has 28 heavy (non-hydrogen) atoms. The van der Waals surface area contributed by atoms with Gasteiger partial charge in [0.25, 0.3) is 0 Å². The number of fused-ring (bicyclic) bond motifs is 1. The van der Waals surface area contributed by atoms with Gasteiger partial charge in [0.1, 0.15) is 11.4 Å². The largest absolute Gasteiger partial charge is 0.504 e. The SMILES string of the molecule is CC(=O)CCl.CC(=O)c1cc2ccc(Cl)cc2o1.COc1ccc(Cl)cc1O. The van der Waals surface area contributed by atoms with Crippen molar-refractivity contribution in [1.82, 2.24) is 0 Å². The fraction of sp³-hybridized carbons (Fsp3) is 0.200. The van der Waals surface area contributed by atoms with Crippen molar-refractivity contribution in [2.45, 2.75) is 13.8 Å². The van der Waals surface area contributed by atoms with Crippen LogP contribution in [0.5, 0.6) is 11.5 Å². The van der Waals surface area contributed by atoms with E-state index < -0.39 is 0 Å². The first kappa shape index (κ1) is 23.8. The average molecular weight is 446 g/mol. The normalized spacial score (nSPS) is 9.64. The van der Waals surface area contributed by atoms with Crippen molar-refractivity contribution in [3.8, 4) is 11.5 Å². The summed E-state index contributed by atoms with van der Waals surface area (Å²) in [4.78, 5) is 20.7. The van der Waals surface area contributed by atoms with Crippen molar-refractivity contribution in [3.63, 3.8) is 0 Å². The van der Waals surface area contributed by atoms with E-state index in [0.717, 1.165) is 5.39 Å². The molecular formula is C20H19Cl3O5. The molecule has 0 fully saturated rings. The van der Waals surface area contributed by atoms with E-state index in [4.69, 9.17) is 49.1 Å². The molecule has 2 aromatic carbocycles. The number of ketones is 2. The zero-order valence-corrected chi connectivity index (χ0v) is 17.7. The number of benzene rings is 2. The Morgan fingerprint density at radius 2 is 1.61 bits per heavy atom. The van der Waals surface area contributed by atoms with Gasteiger partial charge in [-0.15, -0.1) is 11.6 Å². The molecule has 0 radical (unpaired) electrons. The monoisotopic (exact) mass is 444 g/mol. The van der Waals surface area contributed by atoms with Gasteiger partial charge in [-0.25, -0.2) is 0 Å². The van der Waals surface area contributed by atoms with Gasteiger partial charge in [0.2, 0.25) is 0 Å². The summed E-state index contributed by atoms with van der Waals surface area (Å²) in [6.07, 6.45) is 0. The summed E-state index contributed by atoms with van der Waals surface area (Å²) in [6.45, 7) is 2.92. The molecule has 150 valence electrons. The number of furan rings is 1. The summed E-state index contributed by atoms with van der Waals surface area (Å²) in [5.41, 5.74) is 0.651. The lowest BCUT2D eigenvalue weighted by Gasteiger charge is -2.01. The van der Waals surface area contributed by atoms with Crippen molar-refractivity contribution in [1.29, 1.82) is 0 Å². The van der Waals surface area contributed by atoms with Crippen LogP contribution < -0.4 is 4.74 Å². The molecule has 0 aliphatic rings. The number of rotatable bonds is 3. The molecule has 1 aromatic heterocycles. The van der Waals surface area contributed by atoms with Crippen LogP contribution in [0.15, 0.2) is 46.9 Å². The summed E-state index contributed by atoms with van der Waals surface area (Å²) in [6, 6.07) is 11.7. The summed E-state index contributed by atoms with van der Waals surface area (Å²) in [7, 11) is 1.49. The Kier molecular flexibility index (Phi) is 9.87. The number of aromatic hydroxyl groups is 1. The minimum absolute atomic E-state index is 0.0201. The minimum atomic E-state index is -0.0766. The first-order valence-corrected chi connectivity index (χ1v) is 9.25. The van der Waals surface area contributed by atoms with Crippen LogP contribution >= 0.6 is 34.8 Å². The van der Waals surface area contributed by atoms with Crippen LogP contribution in [0.2, 0.25) is 10.0 Å². The number of alkyl halides is 1. The number of phenolic OH excluding ortho intramolecular Hbond substituents is 1. The van der Waals surface area contributed by atoms with Crippen LogP contribution in [-0.2, 0) is 4.79 Å². The van der Waals surface area contributed by atoms with Gasteiger partial charge in [-0.3, -0.25) is 9.59 Å². The third-order valence-electron chi connectivity index (χ3n) is 3.16. The average Bonchev–Trinajstić information content (AvgIpc) is 3.06. The topological polar surface area (TPSA) is 76.7 Å². The van der Waals surface area contributed by atoms with Crippen molar-refractivity contribution >= 4 is 57.3 Å². The maximum Gasteiger partial charge on any atom is 0.194 e. The molecular weight excluding hydrogens is 427 g/mol. The standard InChI is InChI=1S/C10H7ClO2.C7H7ClO2.C3H5ClO/c1-6(12)9-4-7-2-3-8(11)5-10(7)13-9;1-10-7-3-2-5(8)4-6(7)9;1-3(5)2-4/h2-5H,1H3;2-4,9H,1H3;2H2,1H3. The number of hydrogen-bond acceptors (Lipinski definition) is 5. The minimum Gasteiger partial charge on any atom is -0.504 e. The predicted molar refractivity (Wildman–Crippen MR) is 112 cm³/mol. The van der Waals surface area contributed by atoms with Crippen LogP contribution in [0.25, 0.3) is 11.0 Å². The molecule has 0 saturated carbocycles. The number of hydrogen-bond donors (Lipinski definition) is 1. The van der Waals surface area contributed by atoms with Gasteiger partial charge in [0.15, 0.2) is 23.0 Å². The summed E-state index contributed by atoms with van der Waals surface area (Å²) >= 11 is 16.3. The molecule has 3 rings (SSSR count). The van der Waals surface area contributed by atoms with Crippen molar-refractivity contribution in [3.05, 3.63) is 58.3 Å². The number of methoxy groups -OCH3 is 1. The third-order valence-corrected chi connectivity index (χ3v) is 4.00. The van der Waals surface area contributed by atoms with Crippen LogP contribution in [0.3, 0.4) is 0 Å². The fourth-order valence-corrected chi connectivity index (χ4v) is 2.17. The van der Waals surface area contributed by atoms with E-state index >= 15 is 0 Å². The highest BCUT2D eigenvalue weighted by molar-refractivity contribution is 6.31. The van der Waals surface area contributed by atoms with E-state index in [1.54, 1.807) is 30.3 Å². The number of Topliss-reactive ketones (excluding diaryl/α,β-unsaturated/α-hetero) is 2. The predicted octanol–water partition coefficient (Wildman–Crippen LogP) is 6.16. The van der Waals surface area contributed by atoms with Gasteiger partial charge in [0, 0.05) is 34.5 Å². The van der Waals surface area contributed by atoms with Gasteiger partial charge in [-0.05, 0) is 37.3 Å². The number of carbonyl (C=O) groups is 2. The highest BCUT2D eigenvalue weighted by Crippen LogP contribution is 2.28. The van der Waals surface area contributed by atoms with Gasteiger partial charge in [0.05, 0.1) is 13.0 Å². The lowest BCUT2D eigenvalue weighted by atomic mass is 10.2. The Balaban J connectivity index is 0.000000233.